The maximum Gasteiger partial charge on any atom is 0.332 e. The van der Waals surface area contributed by atoms with Gasteiger partial charge in [-0.3, -0.25) is 18.8 Å². The standard InChI is InChI=1S/C22H28ClN5O2/c1-14-8-15(2)11-27(10-14)13-18-24-20-19(21(29)26(4)22(30)25(20)3)28(18)12-16-6-5-7-17(23)9-16/h5-7,9,14-15H,8,10-13H2,1-4H3/t14-,15+. The van der Waals surface area contributed by atoms with Gasteiger partial charge in [0.1, 0.15) is 5.82 Å². The van der Waals surface area contributed by atoms with E-state index in [9.17, 15) is 9.59 Å². The molecule has 0 N–H and O–H groups in total. The van der Waals surface area contributed by atoms with Crippen LogP contribution in [0.1, 0.15) is 31.7 Å². The van der Waals surface area contributed by atoms with Crippen LogP contribution in [0.15, 0.2) is 33.9 Å². The van der Waals surface area contributed by atoms with E-state index in [0.29, 0.717) is 41.1 Å². The Morgan fingerprint density at radius 2 is 1.77 bits per heavy atom. The molecule has 3 aromatic rings. The van der Waals surface area contributed by atoms with Crippen molar-refractivity contribution >= 4 is 22.8 Å². The molecule has 0 unspecified atom stereocenters. The minimum absolute atomic E-state index is 0.325. The van der Waals surface area contributed by atoms with Crippen LogP contribution in [0.25, 0.3) is 11.2 Å². The molecule has 8 heteroatoms. The average molecular weight is 430 g/mol. The molecule has 0 amide bonds. The number of fused-ring (bicyclic) bond motifs is 1. The van der Waals surface area contributed by atoms with Crippen molar-refractivity contribution in [3.63, 3.8) is 0 Å². The first-order chi connectivity index (χ1) is 14.2. The van der Waals surface area contributed by atoms with Crippen molar-refractivity contribution in [1.29, 1.82) is 0 Å². The Morgan fingerprint density at radius 3 is 2.43 bits per heavy atom. The van der Waals surface area contributed by atoms with Gasteiger partial charge in [-0.05, 0) is 36.0 Å². The summed E-state index contributed by atoms with van der Waals surface area (Å²) in [4.78, 5) is 32.7. The largest absolute Gasteiger partial charge is 0.332 e. The molecule has 3 heterocycles. The van der Waals surface area contributed by atoms with Crippen LogP contribution in [-0.2, 0) is 27.2 Å². The summed E-state index contributed by atoms with van der Waals surface area (Å²) in [7, 11) is 3.17. The van der Waals surface area contributed by atoms with Gasteiger partial charge in [-0.25, -0.2) is 9.78 Å². The number of likely N-dealkylation sites (tertiary alicyclic amines) is 1. The van der Waals surface area contributed by atoms with Gasteiger partial charge in [0.2, 0.25) is 0 Å². The van der Waals surface area contributed by atoms with Crippen molar-refractivity contribution < 1.29 is 0 Å². The summed E-state index contributed by atoms with van der Waals surface area (Å²) in [6.45, 7) is 7.66. The van der Waals surface area contributed by atoms with Crippen LogP contribution in [0, 0.1) is 11.8 Å². The van der Waals surface area contributed by atoms with Crippen molar-refractivity contribution in [2.45, 2.75) is 33.4 Å². The summed E-state index contributed by atoms with van der Waals surface area (Å²) in [6, 6.07) is 7.61. The van der Waals surface area contributed by atoms with E-state index < -0.39 is 0 Å². The molecule has 2 aromatic heterocycles. The quantitative estimate of drug-likeness (QED) is 0.639. The van der Waals surface area contributed by atoms with Crippen molar-refractivity contribution in [2.24, 2.45) is 25.9 Å². The van der Waals surface area contributed by atoms with E-state index in [1.54, 1.807) is 7.05 Å². The molecule has 160 valence electrons. The summed E-state index contributed by atoms with van der Waals surface area (Å²) in [5, 5.41) is 0.650. The highest BCUT2D eigenvalue weighted by Gasteiger charge is 2.25. The summed E-state index contributed by atoms with van der Waals surface area (Å²) >= 11 is 6.19. The topological polar surface area (TPSA) is 65.1 Å². The molecule has 0 radical (unpaired) electrons. The Kier molecular flexibility index (Phi) is 5.59. The summed E-state index contributed by atoms with van der Waals surface area (Å²) < 4.78 is 4.55. The third-order valence-corrected chi connectivity index (χ3v) is 6.20. The Morgan fingerprint density at radius 1 is 1.07 bits per heavy atom. The minimum Gasteiger partial charge on any atom is -0.317 e. The van der Waals surface area contributed by atoms with Gasteiger partial charge in [0.15, 0.2) is 11.2 Å². The van der Waals surface area contributed by atoms with Crippen LogP contribution < -0.4 is 11.2 Å². The number of rotatable bonds is 4. The minimum atomic E-state index is -0.369. The Bertz CT molecular complexity index is 1200. The number of benzene rings is 1. The molecule has 1 saturated heterocycles. The van der Waals surface area contributed by atoms with Gasteiger partial charge < -0.3 is 4.57 Å². The molecule has 30 heavy (non-hydrogen) atoms. The van der Waals surface area contributed by atoms with Crippen LogP contribution in [0.4, 0.5) is 0 Å². The number of nitrogens with zero attached hydrogens (tertiary/aromatic N) is 5. The van der Waals surface area contributed by atoms with Gasteiger partial charge in [-0.15, -0.1) is 0 Å². The molecule has 1 aromatic carbocycles. The SMILES string of the molecule is C[C@@H]1C[C@H](C)CN(Cc2nc3c(c(=O)n(C)c(=O)n3C)n2Cc2cccc(Cl)c2)C1. The van der Waals surface area contributed by atoms with E-state index in [2.05, 4.69) is 18.7 Å². The average Bonchev–Trinajstić information content (AvgIpc) is 3.02. The normalized spacial score (nSPS) is 20.2. The van der Waals surface area contributed by atoms with Crippen molar-refractivity contribution in [3.05, 3.63) is 61.5 Å². The lowest BCUT2D eigenvalue weighted by molar-refractivity contribution is 0.130. The summed E-state index contributed by atoms with van der Waals surface area (Å²) in [5.74, 6) is 2.04. The molecule has 1 aliphatic rings. The monoisotopic (exact) mass is 429 g/mol. The molecule has 0 bridgehead atoms. The smallest absolute Gasteiger partial charge is 0.317 e. The van der Waals surface area contributed by atoms with Gasteiger partial charge in [-0.2, -0.15) is 0 Å². The highest BCUT2D eigenvalue weighted by atomic mass is 35.5. The molecule has 0 spiro atoms. The van der Waals surface area contributed by atoms with E-state index in [1.807, 2.05) is 28.8 Å². The Labute approximate surface area is 180 Å². The van der Waals surface area contributed by atoms with Crippen molar-refractivity contribution in [1.82, 2.24) is 23.6 Å². The molecule has 1 fully saturated rings. The first-order valence-corrected chi connectivity index (χ1v) is 10.7. The zero-order valence-corrected chi connectivity index (χ0v) is 18.7. The lowest BCUT2D eigenvalue weighted by Crippen LogP contribution is -2.39. The summed E-state index contributed by atoms with van der Waals surface area (Å²) in [6.07, 6.45) is 1.23. The molecule has 2 atom stereocenters. The number of halogens is 1. The van der Waals surface area contributed by atoms with E-state index in [0.717, 1.165) is 29.0 Å². The lowest BCUT2D eigenvalue weighted by atomic mass is 9.92. The molecular formula is C22H28ClN5O2. The number of imidazole rings is 1. The predicted octanol–water partition coefficient (Wildman–Crippen LogP) is 2.61. The van der Waals surface area contributed by atoms with Crippen LogP contribution in [0.2, 0.25) is 5.02 Å². The fourth-order valence-corrected chi connectivity index (χ4v) is 4.93. The molecular weight excluding hydrogens is 402 g/mol. The first kappa shape index (κ1) is 20.9. The maximum absolute atomic E-state index is 13.0. The highest BCUT2D eigenvalue weighted by molar-refractivity contribution is 6.30. The Hall–Kier alpha value is -2.38. The van der Waals surface area contributed by atoms with Gasteiger partial charge in [0.05, 0.1) is 6.54 Å². The number of aryl methyl sites for hydroxylation is 1. The predicted molar refractivity (Wildman–Crippen MR) is 119 cm³/mol. The van der Waals surface area contributed by atoms with E-state index in [1.165, 1.54) is 18.0 Å². The van der Waals surface area contributed by atoms with Gasteiger partial charge in [0, 0.05) is 38.8 Å². The fraction of sp³-hybridized carbons (Fsp3) is 0.500. The molecule has 0 aliphatic carbocycles. The van der Waals surface area contributed by atoms with Gasteiger partial charge >= 0.3 is 5.69 Å². The maximum atomic E-state index is 13.0. The molecule has 0 saturated carbocycles. The summed E-state index contributed by atoms with van der Waals surface area (Å²) in [5.41, 5.74) is 1.17. The van der Waals surface area contributed by atoms with E-state index >= 15 is 0 Å². The number of hydrogen-bond acceptors (Lipinski definition) is 4. The van der Waals surface area contributed by atoms with Crippen LogP contribution >= 0.6 is 11.6 Å². The van der Waals surface area contributed by atoms with Crippen LogP contribution in [0.3, 0.4) is 0 Å². The molecule has 1 aliphatic heterocycles. The molecule has 4 rings (SSSR count). The second-order valence-electron chi connectivity index (χ2n) is 8.76. The highest BCUT2D eigenvalue weighted by Crippen LogP contribution is 2.24. The van der Waals surface area contributed by atoms with Crippen LogP contribution in [0.5, 0.6) is 0 Å². The van der Waals surface area contributed by atoms with Crippen molar-refractivity contribution in [2.75, 3.05) is 13.1 Å². The second-order valence-corrected chi connectivity index (χ2v) is 9.20. The second kappa shape index (κ2) is 8.04. The van der Waals surface area contributed by atoms with E-state index in [4.69, 9.17) is 16.6 Å². The van der Waals surface area contributed by atoms with E-state index in [-0.39, 0.29) is 11.2 Å². The number of aromatic nitrogens is 4. The first-order valence-electron chi connectivity index (χ1n) is 10.4. The number of hydrogen-bond donors (Lipinski definition) is 0. The number of piperidine rings is 1. The fourth-order valence-electron chi connectivity index (χ4n) is 4.72. The third kappa shape index (κ3) is 3.84. The zero-order chi connectivity index (χ0) is 21.6. The molecule has 7 nitrogen and oxygen atoms in total. The Balaban J connectivity index is 1.86. The third-order valence-electron chi connectivity index (χ3n) is 5.97. The van der Waals surface area contributed by atoms with Crippen LogP contribution in [-0.4, -0.2) is 36.7 Å². The van der Waals surface area contributed by atoms with Gasteiger partial charge in [-0.1, -0.05) is 37.6 Å². The zero-order valence-electron chi connectivity index (χ0n) is 17.9. The van der Waals surface area contributed by atoms with Gasteiger partial charge in [0.25, 0.3) is 5.56 Å². The van der Waals surface area contributed by atoms with Crippen molar-refractivity contribution in [3.8, 4) is 0 Å². The lowest BCUT2D eigenvalue weighted by Gasteiger charge is -2.34.